The molecule has 0 spiro atoms. The topological polar surface area (TPSA) is 299 Å². The van der Waals surface area contributed by atoms with E-state index in [1.165, 1.54) is 24.3 Å². The molecule has 1 aromatic carbocycles. The number of carboxylic acid groups (broad SMARTS) is 2. The van der Waals surface area contributed by atoms with Crippen molar-refractivity contribution in [1.82, 2.24) is 16.0 Å². The van der Waals surface area contributed by atoms with Crippen LogP contribution in [0.1, 0.15) is 44.1 Å². The molecule has 0 aliphatic heterocycles. The highest BCUT2D eigenvalue weighted by molar-refractivity contribution is 5.94. The summed E-state index contributed by atoms with van der Waals surface area (Å²) in [5, 5.41) is 35.4. The van der Waals surface area contributed by atoms with Crippen LogP contribution in [0.2, 0.25) is 0 Å². The molecule has 14 N–H and O–H groups in total. The molecule has 0 saturated heterocycles. The van der Waals surface area contributed by atoms with Crippen molar-refractivity contribution in [2.45, 2.75) is 69.1 Å². The van der Waals surface area contributed by atoms with Crippen LogP contribution in [0.15, 0.2) is 29.3 Å². The number of hydrogen-bond donors (Lipinski definition) is 10. The molecule has 0 aromatic heterocycles. The van der Waals surface area contributed by atoms with E-state index in [4.69, 9.17) is 28.0 Å². The van der Waals surface area contributed by atoms with Gasteiger partial charge in [0, 0.05) is 13.0 Å². The average Bonchev–Trinajstić information content (AvgIpc) is 2.89. The van der Waals surface area contributed by atoms with Crippen LogP contribution in [0.25, 0.3) is 0 Å². The van der Waals surface area contributed by atoms with Gasteiger partial charge in [-0.1, -0.05) is 12.1 Å². The Morgan fingerprint density at radius 3 is 1.85 bits per heavy atom. The quantitative estimate of drug-likeness (QED) is 0.0460. The molecular weight excluding hydrogens is 540 g/mol. The van der Waals surface area contributed by atoms with E-state index < -0.39 is 60.2 Å². The predicted molar refractivity (Wildman–Crippen MR) is 148 cm³/mol. The number of aliphatic imine (C=N–C) groups is 1. The molecule has 0 aliphatic carbocycles. The first-order valence-corrected chi connectivity index (χ1v) is 13.0. The van der Waals surface area contributed by atoms with Crippen molar-refractivity contribution in [3.05, 3.63) is 29.8 Å². The highest BCUT2D eigenvalue weighted by atomic mass is 16.4. The number of amides is 3. The Kier molecular flexibility index (Phi) is 15.2. The van der Waals surface area contributed by atoms with Gasteiger partial charge in [0.25, 0.3) is 0 Å². The van der Waals surface area contributed by atoms with Gasteiger partial charge < -0.3 is 54.2 Å². The molecule has 0 aliphatic rings. The van der Waals surface area contributed by atoms with Gasteiger partial charge in [0.2, 0.25) is 17.7 Å². The van der Waals surface area contributed by atoms with E-state index in [-0.39, 0.29) is 43.9 Å². The fourth-order valence-electron chi connectivity index (χ4n) is 3.71. The second-order valence-corrected chi connectivity index (χ2v) is 9.33. The van der Waals surface area contributed by atoms with E-state index in [0.717, 1.165) is 0 Å². The molecule has 0 saturated carbocycles. The summed E-state index contributed by atoms with van der Waals surface area (Å²) < 4.78 is 0. The van der Waals surface area contributed by atoms with E-state index in [2.05, 4.69) is 20.9 Å². The minimum absolute atomic E-state index is 0.00352. The number of unbranched alkanes of at least 4 members (excludes halogenated alkanes) is 1. The highest BCUT2D eigenvalue weighted by Crippen LogP contribution is 2.12. The number of aliphatic carboxylic acids is 2. The van der Waals surface area contributed by atoms with Crippen LogP contribution in [-0.2, 0) is 30.4 Å². The minimum Gasteiger partial charge on any atom is -0.508 e. The number of nitrogens with two attached hydrogens (primary N) is 4. The van der Waals surface area contributed by atoms with Crippen molar-refractivity contribution in [2.24, 2.45) is 27.9 Å². The maximum atomic E-state index is 13.2. The van der Waals surface area contributed by atoms with Crippen molar-refractivity contribution < 1.29 is 39.3 Å². The Labute approximate surface area is 236 Å². The fourth-order valence-corrected chi connectivity index (χ4v) is 3.71. The summed E-state index contributed by atoms with van der Waals surface area (Å²) in [4.78, 5) is 65.5. The predicted octanol–water partition coefficient (Wildman–Crippen LogP) is -2.54. The lowest BCUT2D eigenvalue weighted by molar-refractivity contribution is -0.142. The van der Waals surface area contributed by atoms with Crippen molar-refractivity contribution in [1.29, 1.82) is 0 Å². The van der Waals surface area contributed by atoms with E-state index >= 15 is 0 Å². The number of hydrogen-bond acceptors (Lipinski definition) is 9. The van der Waals surface area contributed by atoms with E-state index in [0.29, 0.717) is 24.9 Å². The number of carbonyl (C=O) groups is 5. The molecule has 41 heavy (non-hydrogen) atoms. The molecule has 1 aromatic rings. The number of phenols is 1. The van der Waals surface area contributed by atoms with Gasteiger partial charge in [-0.3, -0.25) is 24.2 Å². The van der Waals surface area contributed by atoms with Crippen LogP contribution in [-0.4, -0.2) is 88.2 Å². The number of phenolic OH excluding ortho intramolecular Hbond substituents is 1. The van der Waals surface area contributed by atoms with Crippen LogP contribution in [0, 0.1) is 0 Å². The fraction of sp³-hybridized carbons (Fsp3) is 0.520. The third kappa shape index (κ3) is 14.0. The van der Waals surface area contributed by atoms with Crippen molar-refractivity contribution in [3.8, 4) is 5.75 Å². The van der Waals surface area contributed by atoms with Gasteiger partial charge in [0.15, 0.2) is 5.96 Å². The Hall–Kier alpha value is -4.44. The lowest BCUT2D eigenvalue weighted by atomic mass is 10.0. The van der Waals surface area contributed by atoms with Gasteiger partial charge in [-0.25, -0.2) is 4.79 Å². The number of rotatable bonds is 19. The number of carboxylic acids is 2. The Bertz CT molecular complexity index is 1060. The lowest BCUT2D eigenvalue weighted by Crippen LogP contribution is -2.57. The molecule has 16 heteroatoms. The van der Waals surface area contributed by atoms with Gasteiger partial charge in [-0.2, -0.15) is 0 Å². The van der Waals surface area contributed by atoms with Crippen molar-refractivity contribution in [3.63, 3.8) is 0 Å². The minimum atomic E-state index is -1.43. The van der Waals surface area contributed by atoms with Gasteiger partial charge >= 0.3 is 11.9 Å². The summed E-state index contributed by atoms with van der Waals surface area (Å²) in [6, 6.07) is 0.622. The summed E-state index contributed by atoms with van der Waals surface area (Å²) in [6.07, 6.45) is 0.569. The molecule has 228 valence electrons. The summed E-state index contributed by atoms with van der Waals surface area (Å²) in [6.45, 7) is 0.451. The van der Waals surface area contributed by atoms with Crippen LogP contribution < -0.4 is 38.9 Å². The van der Waals surface area contributed by atoms with Crippen molar-refractivity contribution in [2.75, 3.05) is 13.1 Å². The Morgan fingerprint density at radius 2 is 1.34 bits per heavy atom. The smallest absolute Gasteiger partial charge is 0.326 e. The second kappa shape index (κ2) is 18.0. The second-order valence-electron chi connectivity index (χ2n) is 9.33. The van der Waals surface area contributed by atoms with Crippen LogP contribution in [0.3, 0.4) is 0 Å². The number of nitrogens with one attached hydrogen (secondary N) is 3. The molecule has 0 bridgehead atoms. The first-order chi connectivity index (χ1) is 19.3. The molecule has 0 fully saturated rings. The Balaban J connectivity index is 3.08. The summed E-state index contributed by atoms with van der Waals surface area (Å²) in [7, 11) is 0. The van der Waals surface area contributed by atoms with Gasteiger partial charge in [-0.05, 0) is 56.3 Å². The molecule has 1 rings (SSSR count). The van der Waals surface area contributed by atoms with Gasteiger partial charge in [0.1, 0.15) is 23.9 Å². The highest BCUT2D eigenvalue weighted by Gasteiger charge is 2.30. The van der Waals surface area contributed by atoms with Gasteiger partial charge in [-0.15, -0.1) is 0 Å². The number of carbonyl (C=O) groups excluding carboxylic acids is 3. The van der Waals surface area contributed by atoms with Gasteiger partial charge in [0.05, 0.1) is 12.5 Å². The zero-order chi connectivity index (χ0) is 30.9. The zero-order valence-electron chi connectivity index (χ0n) is 22.6. The maximum absolute atomic E-state index is 13.2. The molecular formula is C25H40N8O8. The number of benzene rings is 1. The average molecular weight is 581 g/mol. The first kappa shape index (κ1) is 34.6. The van der Waals surface area contributed by atoms with Crippen molar-refractivity contribution >= 4 is 35.6 Å². The third-order valence-corrected chi connectivity index (χ3v) is 5.88. The molecule has 4 unspecified atom stereocenters. The molecule has 0 heterocycles. The summed E-state index contributed by atoms with van der Waals surface area (Å²) >= 11 is 0. The summed E-state index contributed by atoms with van der Waals surface area (Å²) in [5.41, 5.74) is 22.3. The largest absolute Gasteiger partial charge is 0.508 e. The normalized spacial score (nSPS) is 13.6. The SMILES string of the molecule is NCCCCC(NC(=O)C(CCCN=C(N)N)NC(=O)C(N)CC(=O)O)C(=O)NC(Cc1ccc(O)cc1)C(=O)O. The van der Waals surface area contributed by atoms with Crippen LogP contribution >= 0.6 is 0 Å². The molecule has 0 radical (unpaired) electrons. The Morgan fingerprint density at radius 1 is 0.805 bits per heavy atom. The molecule has 16 nitrogen and oxygen atoms in total. The van der Waals surface area contributed by atoms with E-state index in [1.54, 1.807) is 0 Å². The molecule has 3 amide bonds. The van der Waals surface area contributed by atoms with Crippen LogP contribution in [0.5, 0.6) is 5.75 Å². The lowest BCUT2D eigenvalue weighted by Gasteiger charge is -2.25. The monoisotopic (exact) mass is 580 g/mol. The van der Waals surface area contributed by atoms with E-state index in [9.17, 15) is 34.2 Å². The number of aromatic hydroxyl groups is 1. The summed E-state index contributed by atoms with van der Waals surface area (Å²) in [5.74, 6) is -5.22. The third-order valence-electron chi connectivity index (χ3n) is 5.88. The number of nitrogens with zero attached hydrogens (tertiary/aromatic N) is 1. The van der Waals surface area contributed by atoms with E-state index in [1.807, 2.05) is 0 Å². The first-order valence-electron chi connectivity index (χ1n) is 13.0. The maximum Gasteiger partial charge on any atom is 0.326 e. The zero-order valence-corrected chi connectivity index (χ0v) is 22.6. The molecule has 4 atom stereocenters. The van der Waals surface area contributed by atoms with Crippen LogP contribution in [0.4, 0.5) is 0 Å². The standard InChI is InChI=1S/C25H40N8O8/c26-10-2-1-4-17(23(39)33-19(24(40)41)12-14-6-8-15(34)9-7-14)32-22(38)18(5-3-11-30-25(28)29)31-21(37)16(27)13-20(35)36/h6-9,16-19,34H,1-5,10-13,26-27H2,(H,31,37)(H,32,38)(H,33,39)(H,35,36)(H,40,41)(H4,28,29,30). The number of guanidine groups is 1.